The van der Waals surface area contributed by atoms with Gasteiger partial charge in [0.25, 0.3) is 0 Å². The number of likely N-dealkylation sites (N-methyl/N-ethyl adjacent to an activating group) is 1. The van der Waals surface area contributed by atoms with Crippen LogP contribution in [0.15, 0.2) is 24.3 Å². The molecule has 1 aromatic rings. The molecule has 0 aliphatic carbocycles. The number of nitrogens with one attached hydrogen (secondary N) is 1. The van der Waals surface area contributed by atoms with Crippen molar-refractivity contribution in [3.8, 4) is 0 Å². The summed E-state index contributed by atoms with van der Waals surface area (Å²) in [6, 6.07) is 9.44. The van der Waals surface area contributed by atoms with Crippen LogP contribution in [-0.2, 0) is 6.42 Å². The lowest BCUT2D eigenvalue weighted by atomic mass is 9.97. The molecular formula is C17H27NS2. The Bertz CT molecular complexity index is 408. The molecule has 1 aromatic carbocycles. The highest BCUT2D eigenvalue weighted by atomic mass is 32.2. The van der Waals surface area contributed by atoms with E-state index >= 15 is 0 Å². The Labute approximate surface area is 132 Å². The SMILES string of the molecule is CCNC(Cc1ccccc1C)C1SCCSC1CC. The monoisotopic (exact) mass is 309 g/mol. The summed E-state index contributed by atoms with van der Waals surface area (Å²) >= 11 is 4.37. The van der Waals surface area contributed by atoms with E-state index in [0.717, 1.165) is 23.5 Å². The van der Waals surface area contributed by atoms with E-state index in [4.69, 9.17) is 0 Å². The molecule has 0 saturated carbocycles. The number of hydrogen-bond donors (Lipinski definition) is 1. The molecule has 2 rings (SSSR count). The summed E-state index contributed by atoms with van der Waals surface area (Å²) in [6.07, 6.45) is 2.45. The zero-order valence-corrected chi connectivity index (χ0v) is 14.5. The first-order valence-electron chi connectivity index (χ1n) is 7.77. The fourth-order valence-corrected chi connectivity index (χ4v) is 6.22. The normalized spacial score (nSPS) is 24.6. The van der Waals surface area contributed by atoms with E-state index in [0.29, 0.717) is 6.04 Å². The Hall–Kier alpha value is -0.120. The van der Waals surface area contributed by atoms with Crippen LogP contribution >= 0.6 is 23.5 Å². The number of aryl methyl sites for hydroxylation is 1. The molecule has 1 saturated heterocycles. The van der Waals surface area contributed by atoms with E-state index in [1.165, 1.54) is 29.1 Å². The van der Waals surface area contributed by atoms with E-state index in [2.05, 4.69) is 73.9 Å². The molecule has 1 aliphatic rings. The molecule has 1 aliphatic heterocycles. The predicted molar refractivity (Wildman–Crippen MR) is 95.1 cm³/mol. The first-order valence-corrected chi connectivity index (χ1v) is 9.87. The van der Waals surface area contributed by atoms with Crippen LogP contribution in [0.2, 0.25) is 0 Å². The third kappa shape index (κ3) is 4.19. The lowest BCUT2D eigenvalue weighted by Gasteiger charge is -2.36. The lowest BCUT2D eigenvalue weighted by molar-refractivity contribution is 0.489. The van der Waals surface area contributed by atoms with Crippen molar-refractivity contribution < 1.29 is 0 Å². The molecule has 3 heteroatoms. The Balaban J connectivity index is 2.11. The fourth-order valence-electron chi connectivity index (χ4n) is 2.95. The van der Waals surface area contributed by atoms with Crippen molar-refractivity contribution >= 4 is 23.5 Å². The highest BCUT2D eigenvalue weighted by Crippen LogP contribution is 2.36. The molecule has 3 unspecified atom stereocenters. The Morgan fingerprint density at radius 1 is 1.20 bits per heavy atom. The number of benzene rings is 1. The van der Waals surface area contributed by atoms with Crippen LogP contribution in [0.5, 0.6) is 0 Å². The van der Waals surface area contributed by atoms with Crippen LogP contribution in [0.3, 0.4) is 0 Å². The van der Waals surface area contributed by atoms with Gasteiger partial charge in [0.2, 0.25) is 0 Å². The second kappa shape index (κ2) is 8.35. The Morgan fingerprint density at radius 2 is 1.95 bits per heavy atom. The van der Waals surface area contributed by atoms with E-state index in [1.807, 2.05) is 0 Å². The van der Waals surface area contributed by atoms with E-state index in [1.54, 1.807) is 0 Å². The van der Waals surface area contributed by atoms with Gasteiger partial charge in [0, 0.05) is 28.0 Å². The molecule has 112 valence electrons. The summed E-state index contributed by atoms with van der Waals surface area (Å²) in [4.78, 5) is 0. The molecular weight excluding hydrogens is 282 g/mol. The zero-order valence-electron chi connectivity index (χ0n) is 12.9. The molecule has 0 aromatic heterocycles. The maximum absolute atomic E-state index is 3.76. The van der Waals surface area contributed by atoms with Gasteiger partial charge in [-0.05, 0) is 37.4 Å². The predicted octanol–water partition coefficient (Wildman–Crippen LogP) is 4.14. The maximum Gasteiger partial charge on any atom is 0.0323 e. The molecule has 0 radical (unpaired) electrons. The minimum atomic E-state index is 0.601. The highest BCUT2D eigenvalue weighted by molar-refractivity contribution is 8.07. The van der Waals surface area contributed by atoms with E-state index in [-0.39, 0.29) is 0 Å². The first kappa shape index (κ1) is 16.3. The van der Waals surface area contributed by atoms with Crippen LogP contribution in [0, 0.1) is 6.92 Å². The molecule has 0 amide bonds. The smallest absolute Gasteiger partial charge is 0.0323 e. The molecule has 20 heavy (non-hydrogen) atoms. The summed E-state index contributed by atoms with van der Waals surface area (Å²) in [5, 5.41) is 5.31. The summed E-state index contributed by atoms with van der Waals surface area (Å²) in [5.41, 5.74) is 2.93. The second-order valence-corrected chi connectivity index (χ2v) is 8.08. The van der Waals surface area contributed by atoms with Gasteiger partial charge in [-0.25, -0.2) is 0 Å². The van der Waals surface area contributed by atoms with Gasteiger partial charge >= 0.3 is 0 Å². The van der Waals surface area contributed by atoms with Crippen molar-refractivity contribution in [3.63, 3.8) is 0 Å². The van der Waals surface area contributed by atoms with E-state index < -0.39 is 0 Å². The fraction of sp³-hybridized carbons (Fsp3) is 0.647. The minimum Gasteiger partial charge on any atom is -0.313 e. The van der Waals surface area contributed by atoms with Gasteiger partial charge in [0.1, 0.15) is 0 Å². The Morgan fingerprint density at radius 3 is 2.65 bits per heavy atom. The third-order valence-corrected chi connectivity index (χ3v) is 7.47. The van der Waals surface area contributed by atoms with Gasteiger partial charge in [-0.1, -0.05) is 38.1 Å². The van der Waals surface area contributed by atoms with Crippen molar-refractivity contribution in [1.29, 1.82) is 0 Å². The van der Waals surface area contributed by atoms with Gasteiger partial charge in [-0.2, -0.15) is 23.5 Å². The summed E-state index contributed by atoms with van der Waals surface area (Å²) < 4.78 is 0. The standard InChI is InChI=1S/C17H27NS2/c1-4-16-17(20-11-10-19-16)15(18-5-2)12-14-9-7-6-8-13(14)3/h6-9,15-18H,4-5,10-12H2,1-3H3. The molecule has 1 fully saturated rings. The van der Waals surface area contributed by atoms with Gasteiger partial charge in [-0.15, -0.1) is 0 Å². The summed E-state index contributed by atoms with van der Waals surface area (Å²) in [5.74, 6) is 2.63. The maximum atomic E-state index is 3.76. The van der Waals surface area contributed by atoms with Crippen molar-refractivity contribution in [2.24, 2.45) is 0 Å². The second-order valence-electron chi connectivity index (χ2n) is 5.45. The summed E-state index contributed by atoms with van der Waals surface area (Å²) in [7, 11) is 0. The van der Waals surface area contributed by atoms with Crippen molar-refractivity contribution in [3.05, 3.63) is 35.4 Å². The highest BCUT2D eigenvalue weighted by Gasteiger charge is 2.31. The van der Waals surface area contributed by atoms with Gasteiger partial charge in [0.15, 0.2) is 0 Å². The van der Waals surface area contributed by atoms with Gasteiger partial charge in [-0.3, -0.25) is 0 Å². The molecule has 0 bridgehead atoms. The molecule has 1 heterocycles. The number of hydrogen-bond acceptors (Lipinski definition) is 3. The minimum absolute atomic E-state index is 0.601. The average Bonchev–Trinajstić information content (AvgIpc) is 2.49. The van der Waals surface area contributed by atoms with Gasteiger partial charge < -0.3 is 5.32 Å². The van der Waals surface area contributed by atoms with Gasteiger partial charge in [0.05, 0.1) is 0 Å². The van der Waals surface area contributed by atoms with Crippen LogP contribution in [0.1, 0.15) is 31.4 Å². The third-order valence-electron chi connectivity index (χ3n) is 4.06. The molecule has 3 atom stereocenters. The quantitative estimate of drug-likeness (QED) is 0.848. The number of thioether (sulfide) groups is 2. The first-order chi connectivity index (χ1) is 9.76. The van der Waals surface area contributed by atoms with E-state index in [9.17, 15) is 0 Å². The molecule has 1 nitrogen and oxygen atoms in total. The van der Waals surface area contributed by atoms with Crippen molar-refractivity contribution in [2.45, 2.75) is 50.2 Å². The summed E-state index contributed by atoms with van der Waals surface area (Å²) in [6.45, 7) is 7.87. The Kier molecular flexibility index (Phi) is 6.79. The largest absolute Gasteiger partial charge is 0.313 e. The average molecular weight is 310 g/mol. The van der Waals surface area contributed by atoms with Crippen LogP contribution < -0.4 is 5.32 Å². The van der Waals surface area contributed by atoms with Crippen molar-refractivity contribution in [2.75, 3.05) is 18.1 Å². The van der Waals surface area contributed by atoms with Crippen molar-refractivity contribution in [1.82, 2.24) is 5.32 Å². The zero-order chi connectivity index (χ0) is 14.4. The molecule has 1 N–H and O–H groups in total. The number of rotatable bonds is 6. The van der Waals surface area contributed by atoms with Crippen LogP contribution in [-0.4, -0.2) is 34.6 Å². The topological polar surface area (TPSA) is 12.0 Å². The lowest BCUT2D eigenvalue weighted by Crippen LogP contribution is -2.46. The molecule has 0 spiro atoms. The van der Waals surface area contributed by atoms with Crippen LogP contribution in [0.4, 0.5) is 0 Å². The van der Waals surface area contributed by atoms with Crippen LogP contribution in [0.25, 0.3) is 0 Å².